The molecular formula is C35H58N7O18P3S-4. The molecule has 7 N–H and O–H groups in total. The average molecular weight is 990 g/mol. The fourth-order valence-electron chi connectivity index (χ4n) is 6.32. The van der Waals surface area contributed by atoms with Crippen LogP contribution in [-0.4, -0.2) is 114 Å². The minimum absolute atomic E-state index is 0.0159. The summed E-state index contributed by atoms with van der Waals surface area (Å²) >= 11 is 0.984. The maximum absolute atomic E-state index is 12.6. The number of carbonyl (C=O) groups is 3. The van der Waals surface area contributed by atoms with Gasteiger partial charge < -0.3 is 74.1 Å². The molecule has 0 aliphatic carbocycles. The van der Waals surface area contributed by atoms with E-state index in [1.165, 1.54) is 52.4 Å². The third-order valence-electron chi connectivity index (χ3n) is 9.78. The van der Waals surface area contributed by atoms with Crippen molar-refractivity contribution >= 4 is 69.1 Å². The summed E-state index contributed by atoms with van der Waals surface area (Å²) in [4.78, 5) is 96.7. The Morgan fingerprint density at radius 2 is 1.59 bits per heavy atom. The molecule has 3 heterocycles. The first-order valence-electron chi connectivity index (χ1n) is 20.6. The van der Waals surface area contributed by atoms with Gasteiger partial charge in [-0.25, -0.2) is 19.3 Å². The Kier molecular flexibility index (Phi) is 22.8. The number of anilines is 1. The highest BCUT2D eigenvalue weighted by molar-refractivity contribution is 8.13. The minimum Gasteiger partial charge on any atom is -0.790 e. The molecule has 2 aromatic rings. The molecule has 0 radical (unpaired) electrons. The predicted molar refractivity (Wildman–Crippen MR) is 221 cm³/mol. The van der Waals surface area contributed by atoms with Crippen molar-refractivity contribution in [1.82, 2.24) is 30.2 Å². The second-order valence-electron chi connectivity index (χ2n) is 15.7. The zero-order valence-corrected chi connectivity index (χ0v) is 39.2. The van der Waals surface area contributed by atoms with E-state index < -0.39 is 90.7 Å². The van der Waals surface area contributed by atoms with Crippen LogP contribution in [0, 0.1) is 5.41 Å². The Morgan fingerprint density at radius 3 is 2.25 bits per heavy atom. The van der Waals surface area contributed by atoms with Crippen LogP contribution in [0.15, 0.2) is 12.7 Å². The molecule has 2 amide bonds. The number of unbranched alkanes of at least 4 members (excludes halogenated alkanes) is 8. The number of phosphoric ester groups is 3. The molecule has 25 nitrogen and oxygen atoms in total. The number of fused-ring (bicyclic) bond motifs is 1. The third-order valence-corrected chi connectivity index (χ3v) is 13.7. The number of aliphatic hydroxyl groups excluding tert-OH is 3. The quantitative estimate of drug-likeness (QED) is 0.0421. The molecule has 366 valence electrons. The van der Waals surface area contributed by atoms with Crippen LogP contribution in [0.3, 0.4) is 0 Å². The number of nitrogen functional groups attached to an aromatic ring is 1. The molecule has 1 aliphatic rings. The van der Waals surface area contributed by atoms with Gasteiger partial charge in [-0.15, -0.1) is 0 Å². The Hall–Kier alpha value is -2.48. The van der Waals surface area contributed by atoms with E-state index in [2.05, 4.69) is 50.4 Å². The first kappa shape index (κ1) is 55.8. The van der Waals surface area contributed by atoms with Gasteiger partial charge in [0.25, 0.3) is 15.6 Å². The molecule has 0 spiro atoms. The van der Waals surface area contributed by atoms with Crippen molar-refractivity contribution in [2.45, 2.75) is 135 Å². The topological polar surface area (TPSA) is 395 Å². The summed E-state index contributed by atoms with van der Waals surface area (Å²) in [6.45, 7) is 2.18. The lowest BCUT2D eigenvalue weighted by molar-refractivity contribution is -0.347. The Labute approximate surface area is 374 Å². The molecule has 1 fully saturated rings. The van der Waals surface area contributed by atoms with E-state index in [0.717, 1.165) is 48.2 Å². The van der Waals surface area contributed by atoms with Crippen molar-refractivity contribution in [3.63, 3.8) is 0 Å². The van der Waals surface area contributed by atoms with E-state index >= 15 is 0 Å². The highest BCUT2D eigenvalue weighted by Crippen LogP contribution is 2.56. The predicted octanol–water partition coefficient (Wildman–Crippen LogP) is -0.191. The number of nitrogens with zero attached hydrogens (tertiary/aromatic N) is 4. The number of hydrogen-bond acceptors (Lipinski definition) is 23. The van der Waals surface area contributed by atoms with E-state index in [1.54, 1.807) is 0 Å². The van der Waals surface area contributed by atoms with Crippen LogP contribution in [0.2, 0.25) is 0 Å². The standard InChI is InChI=1S/C35H62N7O18P3S/c1-4-5-6-7-8-9-10-11-12-13-23(43)18-26(45)64-17-16-37-25(44)14-15-38-33(48)30(47)35(2,3)20-57-63(54,55)60-62(52,53)56-19-24-29(59-61(49,50)51)28(46)34(58-24)42-22-41-27-31(36)39-21-40-32(27)42/h21-24,28-30,34,43,46-47H,4-20H2,1-3H3,(H,37,44)(H,38,48)(H,52,53)(H,54,55)(H2,36,39,40)(H2,49,50,51)/p-4/t23?,24-,28-,29-,30+,34-/m1/s1. The van der Waals surface area contributed by atoms with E-state index in [9.17, 15) is 63.0 Å². The van der Waals surface area contributed by atoms with Crippen LogP contribution >= 0.6 is 35.2 Å². The second-order valence-corrected chi connectivity index (χ2v) is 20.9. The number of ether oxygens (including phenoxy) is 1. The molecule has 8 atom stereocenters. The summed E-state index contributed by atoms with van der Waals surface area (Å²) in [5, 5.41) is 36.3. The van der Waals surface area contributed by atoms with E-state index in [4.69, 9.17) is 10.5 Å². The lowest BCUT2D eigenvalue weighted by Gasteiger charge is -2.36. The van der Waals surface area contributed by atoms with Gasteiger partial charge in [-0.3, -0.25) is 28.1 Å². The summed E-state index contributed by atoms with van der Waals surface area (Å²) in [7, 11) is -17.6. The normalized spacial score (nSPS) is 21.0. The molecule has 1 saturated heterocycles. The molecule has 3 rings (SSSR count). The molecule has 1 aliphatic heterocycles. The van der Waals surface area contributed by atoms with E-state index in [-0.39, 0.29) is 53.8 Å². The number of amides is 2. The van der Waals surface area contributed by atoms with Gasteiger partial charge in [0.1, 0.15) is 36.3 Å². The van der Waals surface area contributed by atoms with Crippen LogP contribution in [0.5, 0.6) is 0 Å². The monoisotopic (exact) mass is 989 g/mol. The number of aromatic nitrogens is 4. The highest BCUT2D eigenvalue weighted by atomic mass is 32.2. The lowest BCUT2D eigenvalue weighted by Crippen LogP contribution is -2.46. The van der Waals surface area contributed by atoms with Gasteiger partial charge in [0.05, 0.1) is 33.5 Å². The SMILES string of the molecule is CCCCCCCCCCCC(O)CC(=O)SCCNC(=O)CCNC(=O)[C@H](O)C(C)(C)COP(=O)([O-])OP(=O)([O-])OC[C@H]1O[C@@H](n2cnc3c(N)ncnc32)[C@H](O)[C@@H]1OP(=O)([O-])[O-]. The van der Waals surface area contributed by atoms with Crippen LogP contribution in [0.4, 0.5) is 5.82 Å². The van der Waals surface area contributed by atoms with Crippen molar-refractivity contribution in [1.29, 1.82) is 0 Å². The smallest absolute Gasteiger partial charge is 0.274 e. The van der Waals surface area contributed by atoms with Crippen molar-refractivity contribution in [2.24, 2.45) is 5.41 Å². The summed E-state index contributed by atoms with van der Waals surface area (Å²) in [5.74, 6) is -1.33. The van der Waals surface area contributed by atoms with Gasteiger partial charge in [-0.05, 0) is 6.42 Å². The Balaban J connectivity index is 1.36. The fourth-order valence-corrected chi connectivity index (χ4v) is 9.79. The number of nitrogens with two attached hydrogens (primary N) is 1. The number of phosphoric acid groups is 3. The maximum atomic E-state index is 12.6. The number of rotatable bonds is 31. The first-order valence-corrected chi connectivity index (χ1v) is 26.0. The molecule has 0 bridgehead atoms. The summed E-state index contributed by atoms with van der Waals surface area (Å²) < 4.78 is 60.7. The second kappa shape index (κ2) is 26.2. The van der Waals surface area contributed by atoms with Crippen LogP contribution < -0.4 is 35.9 Å². The van der Waals surface area contributed by atoms with Crippen molar-refractivity contribution in [2.75, 3.05) is 37.8 Å². The van der Waals surface area contributed by atoms with Crippen molar-refractivity contribution in [3.05, 3.63) is 12.7 Å². The van der Waals surface area contributed by atoms with E-state index in [0.29, 0.717) is 6.42 Å². The van der Waals surface area contributed by atoms with Crippen LogP contribution in [0.1, 0.15) is 104 Å². The molecular weight excluding hydrogens is 931 g/mol. The molecule has 64 heavy (non-hydrogen) atoms. The molecule has 3 unspecified atom stereocenters. The lowest BCUT2D eigenvalue weighted by atomic mass is 9.87. The fraction of sp³-hybridized carbons (Fsp3) is 0.771. The Morgan fingerprint density at radius 1 is 0.953 bits per heavy atom. The van der Waals surface area contributed by atoms with Gasteiger partial charge in [-0.1, -0.05) is 90.3 Å². The van der Waals surface area contributed by atoms with Gasteiger partial charge in [-0.2, -0.15) is 0 Å². The number of aliphatic hydroxyl groups is 3. The summed E-state index contributed by atoms with van der Waals surface area (Å²) in [6.07, 6.45) is 2.56. The Bertz CT molecular complexity index is 1960. The van der Waals surface area contributed by atoms with Gasteiger partial charge in [0.2, 0.25) is 11.8 Å². The zero-order valence-electron chi connectivity index (χ0n) is 35.7. The summed E-state index contributed by atoms with van der Waals surface area (Å²) in [6, 6.07) is 0. The van der Waals surface area contributed by atoms with Gasteiger partial charge in [0.15, 0.2) is 22.8 Å². The molecule has 0 aromatic carbocycles. The van der Waals surface area contributed by atoms with Crippen molar-refractivity contribution < 1.29 is 85.6 Å². The molecule has 2 aromatic heterocycles. The van der Waals surface area contributed by atoms with Gasteiger partial charge in [0, 0.05) is 37.1 Å². The average Bonchev–Trinajstić information content (AvgIpc) is 3.76. The molecule has 29 heteroatoms. The van der Waals surface area contributed by atoms with E-state index in [1.807, 2.05) is 0 Å². The highest BCUT2D eigenvalue weighted by Gasteiger charge is 2.47. The largest absolute Gasteiger partial charge is 0.790 e. The zero-order chi connectivity index (χ0) is 47.7. The number of hydrogen-bond donors (Lipinski definition) is 6. The number of thioether (sulfide) groups is 1. The third kappa shape index (κ3) is 19.4. The summed E-state index contributed by atoms with van der Waals surface area (Å²) in [5.41, 5.74) is 4.06. The number of carbonyl (C=O) groups excluding carboxylic acids is 3. The number of nitrogens with one attached hydrogen (secondary N) is 2. The maximum Gasteiger partial charge on any atom is 0.274 e. The minimum atomic E-state index is -5.93. The molecule has 0 saturated carbocycles. The van der Waals surface area contributed by atoms with Crippen molar-refractivity contribution in [3.8, 4) is 0 Å². The van der Waals surface area contributed by atoms with Crippen LogP contribution in [0.25, 0.3) is 11.2 Å². The van der Waals surface area contributed by atoms with Gasteiger partial charge >= 0.3 is 0 Å². The first-order chi connectivity index (χ1) is 29.9. The van der Waals surface area contributed by atoms with Crippen LogP contribution in [-0.2, 0) is 50.7 Å². The number of imidazole rings is 1.